The quantitative estimate of drug-likeness (QED) is 0.0509. The van der Waals surface area contributed by atoms with Gasteiger partial charge in [0, 0.05) is 6.42 Å². The molecule has 2 amide bonds. The highest BCUT2D eigenvalue weighted by Gasteiger charge is 2.45. The van der Waals surface area contributed by atoms with E-state index in [0.29, 0.717) is 6.42 Å². The van der Waals surface area contributed by atoms with Gasteiger partial charge in [0.1, 0.15) is 0 Å². The molecule has 1 fully saturated rings. The third-order valence-corrected chi connectivity index (χ3v) is 12.0. The predicted molar refractivity (Wildman–Crippen MR) is 221 cm³/mol. The number of hydrogen-bond acceptors (Lipinski definition) is 2. The molecule has 0 radical (unpaired) electrons. The Morgan fingerprint density at radius 3 is 0.720 bits per heavy atom. The fraction of sp³-hybridized carbons (Fsp3) is 0.957. The average Bonchev–Trinajstić information content (AvgIpc) is 3.40. The monoisotopic (exact) mass is 702 g/mol. The van der Waals surface area contributed by atoms with E-state index >= 15 is 0 Å². The molecule has 3 heteroatoms. The maximum Gasteiger partial charge on any atom is 0.233 e. The fourth-order valence-electron chi connectivity index (χ4n) is 8.48. The molecule has 0 aromatic rings. The van der Waals surface area contributed by atoms with Crippen molar-refractivity contribution in [3.8, 4) is 0 Å². The molecule has 296 valence electrons. The lowest BCUT2D eigenvalue weighted by atomic mass is 9.76. The summed E-state index contributed by atoms with van der Waals surface area (Å²) in [6.07, 6.45) is 56.5. The lowest BCUT2D eigenvalue weighted by Gasteiger charge is -2.25. The molecule has 0 aromatic heterocycles. The Labute approximate surface area is 314 Å². The molecule has 1 atom stereocenters. The standard InChI is InChI=1S/C47H91NO2/c1-3-5-7-9-11-13-14-15-16-17-18-19-20-21-22-23-24-25-26-27-28-29-30-31-32-33-35-37-39-41-43-47(44-45(49)48-46(47)50)42-40-38-36-34-12-10-8-6-4-2/h3-44H2,1-2H3,(H,48,49,50). The average molecular weight is 702 g/mol. The number of amides is 2. The van der Waals surface area contributed by atoms with Crippen molar-refractivity contribution >= 4 is 11.8 Å². The van der Waals surface area contributed by atoms with Gasteiger partial charge in [0.2, 0.25) is 11.8 Å². The van der Waals surface area contributed by atoms with Gasteiger partial charge in [-0.3, -0.25) is 14.9 Å². The molecule has 0 spiro atoms. The molecule has 1 heterocycles. The minimum absolute atomic E-state index is 0.0254. The van der Waals surface area contributed by atoms with Crippen molar-refractivity contribution in [3.05, 3.63) is 0 Å². The number of nitrogens with one attached hydrogen (secondary N) is 1. The van der Waals surface area contributed by atoms with Crippen molar-refractivity contribution in [2.24, 2.45) is 5.41 Å². The third kappa shape index (κ3) is 28.7. The zero-order valence-corrected chi connectivity index (χ0v) is 34.5. The maximum atomic E-state index is 12.7. The summed E-state index contributed by atoms with van der Waals surface area (Å²) in [5.41, 5.74) is -0.399. The van der Waals surface area contributed by atoms with E-state index in [-0.39, 0.29) is 11.8 Å². The van der Waals surface area contributed by atoms with Gasteiger partial charge in [-0.15, -0.1) is 0 Å². The molecular formula is C47H91NO2. The van der Waals surface area contributed by atoms with Gasteiger partial charge in [-0.1, -0.05) is 264 Å². The molecule has 3 nitrogen and oxygen atoms in total. The van der Waals surface area contributed by atoms with E-state index in [1.807, 2.05) is 0 Å². The van der Waals surface area contributed by atoms with Gasteiger partial charge in [-0.05, 0) is 12.8 Å². The Balaban J connectivity index is 1.81. The van der Waals surface area contributed by atoms with Gasteiger partial charge < -0.3 is 0 Å². The number of hydrogen-bond donors (Lipinski definition) is 1. The van der Waals surface area contributed by atoms with E-state index in [1.165, 1.54) is 238 Å². The van der Waals surface area contributed by atoms with Crippen LogP contribution in [0, 0.1) is 5.41 Å². The van der Waals surface area contributed by atoms with Crippen LogP contribution in [0.3, 0.4) is 0 Å². The molecule has 0 aliphatic carbocycles. The summed E-state index contributed by atoms with van der Waals surface area (Å²) in [5, 5.41) is 2.63. The Morgan fingerprint density at radius 2 is 0.540 bits per heavy atom. The summed E-state index contributed by atoms with van der Waals surface area (Å²) in [6, 6.07) is 0. The molecule has 0 bridgehead atoms. The van der Waals surface area contributed by atoms with Gasteiger partial charge >= 0.3 is 0 Å². The third-order valence-electron chi connectivity index (χ3n) is 12.0. The smallest absolute Gasteiger partial charge is 0.233 e. The topological polar surface area (TPSA) is 46.2 Å². The second kappa shape index (κ2) is 36.5. The van der Waals surface area contributed by atoms with Gasteiger partial charge in [0.05, 0.1) is 5.41 Å². The van der Waals surface area contributed by atoms with Gasteiger partial charge in [0.15, 0.2) is 0 Å². The summed E-state index contributed by atoms with van der Waals surface area (Å²) in [6.45, 7) is 4.57. The number of carbonyl (C=O) groups excluding carboxylic acids is 2. The summed E-state index contributed by atoms with van der Waals surface area (Å²) in [4.78, 5) is 24.8. The van der Waals surface area contributed by atoms with Crippen molar-refractivity contribution in [3.63, 3.8) is 0 Å². The molecule has 1 N–H and O–H groups in total. The van der Waals surface area contributed by atoms with Crippen molar-refractivity contribution in [1.29, 1.82) is 0 Å². The van der Waals surface area contributed by atoms with Crippen LogP contribution in [0.1, 0.15) is 284 Å². The highest BCUT2D eigenvalue weighted by Crippen LogP contribution is 2.39. The zero-order valence-electron chi connectivity index (χ0n) is 34.5. The Morgan fingerprint density at radius 1 is 0.340 bits per heavy atom. The second-order valence-corrected chi connectivity index (χ2v) is 16.9. The molecule has 50 heavy (non-hydrogen) atoms. The highest BCUT2D eigenvalue weighted by molar-refractivity contribution is 6.05. The molecule has 1 aliphatic rings. The van der Waals surface area contributed by atoms with Crippen molar-refractivity contribution in [2.45, 2.75) is 284 Å². The number of carbonyl (C=O) groups is 2. The van der Waals surface area contributed by atoms with Crippen LogP contribution in [0.4, 0.5) is 0 Å². The first-order valence-corrected chi connectivity index (χ1v) is 23.5. The van der Waals surface area contributed by atoms with E-state index in [9.17, 15) is 9.59 Å². The second-order valence-electron chi connectivity index (χ2n) is 16.9. The van der Waals surface area contributed by atoms with Crippen LogP contribution in [-0.4, -0.2) is 11.8 Å². The van der Waals surface area contributed by atoms with Crippen LogP contribution >= 0.6 is 0 Å². The maximum absolute atomic E-state index is 12.7. The van der Waals surface area contributed by atoms with E-state index in [4.69, 9.17) is 0 Å². The van der Waals surface area contributed by atoms with Crippen LogP contribution in [0.25, 0.3) is 0 Å². The van der Waals surface area contributed by atoms with Gasteiger partial charge in [0.25, 0.3) is 0 Å². The first-order valence-electron chi connectivity index (χ1n) is 23.5. The van der Waals surface area contributed by atoms with Crippen LogP contribution < -0.4 is 5.32 Å². The molecular weight excluding hydrogens is 611 g/mol. The highest BCUT2D eigenvalue weighted by atomic mass is 16.2. The largest absolute Gasteiger partial charge is 0.296 e. The fourth-order valence-corrected chi connectivity index (χ4v) is 8.48. The van der Waals surface area contributed by atoms with E-state index in [2.05, 4.69) is 19.2 Å². The van der Waals surface area contributed by atoms with Crippen LogP contribution in [0.2, 0.25) is 0 Å². The van der Waals surface area contributed by atoms with Crippen LogP contribution in [0.15, 0.2) is 0 Å². The molecule has 1 unspecified atom stereocenters. The van der Waals surface area contributed by atoms with E-state index in [0.717, 1.165) is 25.7 Å². The number of rotatable bonds is 41. The normalized spacial score (nSPS) is 16.1. The van der Waals surface area contributed by atoms with E-state index < -0.39 is 5.41 Å². The van der Waals surface area contributed by atoms with Crippen LogP contribution in [0.5, 0.6) is 0 Å². The Bertz CT molecular complexity index is 735. The molecule has 1 aliphatic heterocycles. The zero-order chi connectivity index (χ0) is 36.1. The van der Waals surface area contributed by atoms with Crippen LogP contribution in [-0.2, 0) is 9.59 Å². The summed E-state index contributed by atoms with van der Waals surface area (Å²) in [5.74, 6) is -0.0195. The summed E-state index contributed by atoms with van der Waals surface area (Å²) < 4.78 is 0. The first-order chi connectivity index (χ1) is 24.6. The van der Waals surface area contributed by atoms with E-state index in [1.54, 1.807) is 0 Å². The van der Waals surface area contributed by atoms with Crippen molar-refractivity contribution in [1.82, 2.24) is 5.32 Å². The first kappa shape index (κ1) is 47.2. The minimum atomic E-state index is -0.399. The lowest BCUT2D eigenvalue weighted by molar-refractivity contribution is -0.129. The molecule has 1 rings (SSSR count). The van der Waals surface area contributed by atoms with Gasteiger partial charge in [-0.25, -0.2) is 0 Å². The van der Waals surface area contributed by atoms with Gasteiger partial charge in [-0.2, -0.15) is 0 Å². The SMILES string of the molecule is CCCCCCCCCCCCCCCCCCCCCCCCCCCCCCCCC1(CCCCCCCCCCC)CC(=O)NC1=O. The molecule has 1 saturated heterocycles. The lowest BCUT2D eigenvalue weighted by Crippen LogP contribution is -2.31. The predicted octanol–water partition coefficient (Wildman–Crippen LogP) is 16.1. The number of imide groups is 1. The Hall–Kier alpha value is -0.860. The molecule has 0 aromatic carbocycles. The summed E-state index contributed by atoms with van der Waals surface area (Å²) >= 11 is 0. The van der Waals surface area contributed by atoms with Crippen molar-refractivity contribution in [2.75, 3.05) is 0 Å². The number of unbranched alkanes of at least 4 members (excludes halogenated alkanes) is 37. The van der Waals surface area contributed by atoms with Crippen molar-refractivity contribution < 1.29 is 9.59 Å². The summed E-state index contributed by atoms with van der Waals surface area (Å²) in [7, 11) is 0. The Kier molecular flexibility index (Phi) is 34.4. The minimum Gasteiger partial charge on any atom is -0.296 e. The molecule has 0 saturated carbocycles.